The topological polar surface area (TPSA) is 72.5 Å². The fourth-order valence-corrected chi connectivity index (χ4v) is 4.45. The molecule has 1 amide bonds. The van der Waals surface area contributed by atoms with Gasteiger partial charge in [0.25, 0.3) is 5.91 Å². The monoisotopic (exact) mass is 444 g/mol. The molecule has 2 aromatic carbocycles. The number of phenols is 1. The lowest BCUT2D eigenvalue weighted by molar-refractivity contribution is -0.134. The number of hydrazone groups is 1. The quantitative estimate of drug-likeness (QED) is 0.648. The molecule has 3 aromatic rings. The lowest BCUT2D eigenvalue weighted by Gasteiger charge is -2.36. The summed E-state index contributed by atoms with van der Waals surface area (Å²) in [6, 6.07) is 19.1. The van der Waals surface area contributed by atoms with E-state index in [4.69, 9.17) is 9.52 Å². The Kier molecular flexibility index (Phi) is 5.88. The Morgan fingerprint density at radius 2 is 1.76 bits per heavy atom. The van der Waals surface area contributed by atoms with Crippen LogP contribution in [0.25, 0.3) is 0 Å². The molecule has 3 heterocycles. The Morgan fingerprint density at radius 1 is 1.03 bits per heavy atom. The maximum Gasteiger partial charge on any atom is 0.257 e. The number of aromatic hydroxyl groups is 1. The van der Waals surface area contributed by atoms with Gasteiger partial charge in [0, 0.05) is 38.3 Å². The van der Waals surface area contributed by atoms with Crippen LogP contribution in [-0.4, -0.2) is 59.4 Å². The van der Waals surface area contributed by atoms with Gasteiger partial charge in [0.05, 0.1) is 18.5 Å². The van der Waals surface area contributed by atoms with E-state index in [1.807, 2.05) is 24.3 Å². The molecule has 33 heavy (non-hydrogen) atoms. The third-order valence-corrected chi connectivity index (χ3v) is 6.37. The van der Waals surface area contributed by atoms with Gasteiger partial charge in [-0.05, 0) is 48.9 Å². The highest BCUT2D eigenvalue weighted by molar-refractivity contribution is 6.03. The Hall–Kier alpha value is -3.58. The molecule has 7 nitrogen and oxygen atoms in total. The summed E-state index contributed by atoms with van der Waals surface area (Å²) in [7, 11) is 0. The summed E-state index contributed by atoms with van der Waals surface area (Å²) in [5, 5.41) is 15.9. The van der Waals surface area contributed by atoms with Crippen molar-refractivity contribution >= 4 is 17.3 Å². The van der Waals surface area contributed by atoms with Gasteiger partial charge in [-0.25, -0.2) is 5.01 Å². The average Bonchev–Trinajstić information content (AvgIpc) is 3.51. The second-order valence-electron chi connectivity index (χ2n) is 8.67. The summed E-state index contributed by atoms with van der Waals surface area (Å²) < 4.78 is 5.66. The summed E-state index contributed by atoms with van der Waals surface area (Å²) in [4.78, 5) is 17.8. The number of carbonyl (C=O) groups is 1. The SMILES string of the molecule is Cc1ccc(C2=NN(C(=O)CN3CCN(c4ccc(O)cc4)CC3)[C@H](c3ccco3)C2)cc1. The number of amides is 1. The maximum atomic E-state index is 13.3. The number of carbonyl (C=O) groups excluding carboxylic acids is 1. The Bertz CT molecular complexity index is 1120. The maximum absolute atomic E-state index is 13.3. The third kappa shape index (κ3) is 4.64. The first-order valence-corrected chi connectivity index (χ1v) is 11.3. The van der Waals surface area contributed by atoms with Crippen LogP contribution < -0.4 is 4.90 Å². The molecule has 5 rings (SSSR count). The van der Waals surface area contributed by atoms with Crippen molar-refractivity contribution in [2.24, 2.45) is 5.10 Å². The van der Waals surface area contributed by atoms with Crippen molar-refractivity contribution in [1.82, 2.24) is 9.91 Å². The first-order chi connectivity index (χ1) is 16.1. The van der Waals surface area contributed by atoms with E-state index >= 15 is 0 Å². The van der Waals surface area contributed by atoms with Crippen LogP contribution in [0.15, 0.2) is 76.4 Å². The first kappa shape index (κ1) is 21.3. The zero-order valence-corrected chi connectivity index (χ0v) is 18.7. The molecule has 0 unspecified atom stereocenters. The molecular weight excluding hydrogens is 416 g/mol. The van der Waals surface area contributed by atoms with E-state index in [-0.39, 0.29) is 17.7 Å². The molecule has 0 bridgehead atoms. The molecule has 7 heteroatoms. The Morgan fingerprint density at radius 3 is 2.42 bits per heavy atom. The van der Waals surface area contributed by atoms with Crippen molar-refractivity contribution in [1.29, 1.82) is 0 Å². The van der Waals surface area contributed by atoms with Crippen LogP contribution in [0.4, 0.5) is 5.69 Å². The molecule has 0 saturated carbocycles. The zero-order chi connectivity index (χ0) is 22.8. The number of nitrogens with zero attached hydrogens (tertiary/aromatic N) is 4. The number of aryl methyl sites for hydroxylation is 1. The van der Waals surface area contributed by atoms with Crippen molar-refractivity contribution in [2.45, 2.75) is 19.4 Å². The van der Waals surface area contributed by atoms with Gasteiger partial charge in [-0.3, -0.25) is 9.69 Å². The normalized spacial score (nSPS) is 19.1. The van der Waals surface area contributed by atoms with Crippen molar-refractivity contribution in [3.8, 4) is 5.75 Å². The predicted molar refractivity (Wildman–Crippen MR) is 127 cm³/mol. The van der Waals surface area contributed by atoms with E-state index < -0.39 is 0 Å². The van der Waals surface area contributed by atoms with E-state index in [1.54, 1.807) is 23.4 Å². The smallest absolute Gasteiger partial charge is 0.257 e. The minimum Gasteiger partial charge on any atom is -0.508 e. The van der Waals surface area contributed by atoms with Gasteiger partial charge in [-0.2, -0.15) is 5.10 Å². The summed E-state index contributed by atoms with van der Waals surface area (Å²) in [5.74, 6) is 1.01. The summed E-state index contributed by atoms with van der Waals surface area (Å²) >= 11 is 0. The van der Waals surface area contributed by atoms with E-state index in [0.717, 1.165) is 48.9 Å². The molecule has 1 fully saturated rings. The van der Waals surface area contributed by atoms with E-state index in [9.17, 15) is 9.90 Å². The van der Waals surface area contributed by atoms with Crippen molar-refractivity contribution in [2.75, 3.05) is 37.6 Å². The number of furan rings is 1. The molecule has 1 N–H and O–H groups in total. The van der Waals surface area contributed by atoms with Crippen molar-refractivity contribution < 1.29 is 14.3 Å². The molecule has 1 aromatic heterocycles. The summed E-state index contributed by atoms with van der Waals surface area (Å²) in [6.45, 7) is 5.63. The number of phenolic OH excluding ortho intramolecular Hbond substituents is 1. The standard InChI is InChI=1S/C26H28N4O3/c1-19-4-6-20(7-5-19)23-17-24(25-3-2-16-33-25)30(27-23)26(32)18-28-12-14-29(15-13-28)21-8-10-22(31)11-9-21/h2-11,16,24,31H,12-15,17-18H2,1H3/t24-/m0/s1. The lowest BCUT2D eigenvalue weighted by Crippen LogP contribution is -2.49. The Labute approximate surface area is 193 Å². The third-order valence-electron chi connectivity index (χ3n) is 6.37. The van der Waals surface area contributed by atoms with Gasteiger partial charge in [-0.1, -0.05) is 29.8 Å². The second-order valence-corrected chi connectivity index (χ2v) is 8.67. The zero-order valence-electron chi connectivity index (χ0n) is 18.7. The highest BCUT2D eigenvalue weighted by Gasteiger charge is 2.35. The van der Waals surface area contributed by atoms with Gasteiger partial charge in [0.2, 0.25) is 0 Å². The molecule has 2 aliphatic rings. The van der Waals surface area contributed by atoms with Gasteiger partial charge >= 0.3 is 0 Å². The van der Waals surface area contributed by atoms with Gasteiger partial charge in [0.1, 0.15) is 17.6 Å². The summed E-state index contributed by atoms with van der Waals surface area (Å²) in [5.41, 5.74) is 4.22. The van der Waals surface area contributed by atoms with Crippen LogP contribution in [0.1, 0.15) is 29.3 Å². The van der Waals surface area contributed by atoms with Crippen LogP contribution in [0, 0.1) is 6.92 Å². The number of benzene rings is 2. The fourth-order valence-electron chi connectivity index (χ4n) is 4.45. The molecule has 170 valence electrons. The average molecular weight is 445 g/mol. The van der Waals surface area contributed by atoms with Crippen LogP contribution in [-0.2, 0) is 4.79 Å². The van der Waals surface area contributed by atoms with E-state index in [2.05, 4.69) is 41.0 Å². The van der Waals surface area contributed by atoms with Gasteiger partial charge in [-0.15, -0.1) is 0 Å². The van der Waals surface area contributed by atoms with E-state index in [1.165, 1.54) is 5.56 Å². The second kappa shape index (κ2) is 9.11. The Balaban J connectivity index is 1.26. The van der Waals surface area contributed by atoms with Crippen LogP contribution >= 0.6 is 0 Å². The lowest BCUT2D eigenvalue weighted by atomic mass is 10.0. The molecular formula is C26H28N4O3. The highest BCUT2D eigenvalue weighted by atomic mass is 16.3. The van der Waals surface area contributed by atoms with Crippen LogP contribution in [0.3, 0.4) is 0 Å². The molecule has 1 saturated heterocycles. The fraction of sp³-hybridized carbons (Fsp3) is 0.308. The minimum absolute atomic E-state index is 0.0170. The van der Waals surface area contributed by atoms with E-state index in [0.29, 0.717) is 13.0 Å². The molecule has 1 atom stereocenters. The minimum atomic E-state index is -0.220. The molecule has 0 radical (unpaired) electrons. The number of hydrogen-bond donors (Lipinski definition) is 1. The van der Waals surface area contributed by atoms with Gasteiger partial charge in [0.15, 0.2) is 0 Å². The van der Waals surface area contributed by atoms with Crippen LogP contribution in [0.5, 0.6) is 5.75 Å². The van der Waals surface area contributed by atoms with Crippen molar-refractivity contribution in [3.63, 3.8) is 0 Å². The summed E-state index contributed by atoms with van der Waals surface area (Å²) in [6.07, 6.45) is 2.28. The molecule has 0 aliphatic carbocycles. The van der Waals surface area contributed by atoms with Crippen molar-refractivity contribution in [3.05, 3.63) is 83.8 Å². The number of hydrogen-bond acceptors (Lipinski definition) is 6. The number of piperazine rings is 1. The number of rotatable bonds is 5. The van der Waals surface area contributed by atoms with Gasteiger partial charge < -0.3 is 14.4 Å². The molecule has 0 spiro atoms. The van der Waals surface area contributed by atoms with Crippen LogP contribution in [0.2, 0.25) is 0 Å². The highest BCUT2D eigenvalue weighted by Crippen LogP contribution is 2.33. The molecule has 2 aliphatic heterocycles. The number of anilines is 1. The first-order valence-electron chi connectivity index (χ1n) is 11.3. The predicted octanol–water partition coefficient (Wildman–Crippen LogP) is 3.79. The largest absolute Gasteiger partial charge is 0.508 e.